The van der Waals surface area contributed by atoms with Gasteiger partial charge in [-0.1, -0.05) is 48.5 Å². The van der Waals surface area contributed by atoms with E-state index in [0.29, 0.717) is 46.9 Å². The fourth-order valence-corrected chi connectivity index (χ4v) is 5.41. The molecule has 0 spiro atoms. The number of guanidine groups is 3. The predicted octanol–water partition coefficient (Wildman–Crippen LogP) is 3.78. The first-order valence-electron chi connectivity index (χ1n) is 17.9. The normalized spacial score (nSPS) is 10.7. The Hall–Kier alpha value is -5.84. The molecule has 1 amide bonds. The molecule has 0 saturated heterocycles. The number of nitrogens with two attached hydrogens (primary N) is 9. The third kappa shape index (κ3) is 17.5. The number of carbonyl (C=O) groups is 2. The lowest BCUT2D eigenvalue weighted by atomic mass is 9.85. The van der Waals surface area contributed by atoms with Crippen molar-refractivity contribution < 1.29 is 14.3 Å². The quantitative estimate of drug-likeness (QED) is 0.0295. The highest BCUT2D eigenvalue weighted by Crippen LogP contribution is 2.36. The first-order chi connectivity index (χ1) is 26.0. The van der Waals surface area contributed by atoms with Crippen LogP contribution in [0, 0.1) is 6.92 Å². The van der Waals surface area contributed by atoms with Gasteiger partial charge < -0.3 is 61.7 Å². The van der Waals surface area contributed by atoms with Crippen LogP contribution in [0.25, 0.3) is 0 Å². The Morgan fingerprint density at radius 1 is 0.732 bits per heavy atom. The summed E-state index contributed by atoms with van der Waals surface area (Å²) >= 11 is 1.57. The number of carbonyl (C=O) groups excluding carboxylic acids is 2. The Morgan fingerprint density at radius 3 is 1.71 bits per heavy atom. The second-order valence-electron chi connectivity index (χ2n) is 14.7. The van der Waals surface area contributed by atoms with Gasteiger partial charge in [0, 0.05) is 46.2 Å². The van der Waals surface area contributed by atoms with Crippen LogP contribution in [0.15, 0.2) is 62.3 Å². The van der Waals surface area contributed by atoms with E-state index in [4.69, 9.17) is 56.3 Å². The van der Waals surface area contributed by atoms with Crippen LogP contribution in [0.1, 0.15) is 92.3 Å². The van der Waals surface area contributed by atoms with Gasteiger partial charge in [0.1, 0.15) is 18.6 Å². The molecule has 0 saturated carbocycles. The van der Waals surface area contributed by atoms with Crippen molar-refractivity contribution in [3.05, 3.63) is 70.3 Å². The molecule has 0 aliphatic carbocycles. The van der Waals surface area contributed by atoms with Crippen LogP contribution in [0.5, 0.6) is 5.75 Å². The predicted molar refractivity (Wildman–Crippen MR) is 237 cm³/mol. The molecule has 56 heavy (non-hydrogen) atoms. The topological polar surface area (TPSA) is 327 Å². The molecule has 0 aliphatic rings. The summed E-state index contributed by atoms with van der Waals surface area (Å²) in [6, 6.07) is 12.4. The molecule has 0 fully saturated rings. The zero-order valence-electron chi connectivity index (χ0n) is 34.0. The molecule has 3 aromatic rings. The molecule has 0 atom stereocenters. The highest BCUT2D eigenvalue weighted by Gasteiger charge is 2.19. The average Bonchev–Trinajstić information content (AvgIpc) is 3.09. The monoisotopic (exact) mass is 793 g/mol. The number of ether oxygens (including phenoxy) is 1. The number of amides is 1. The van der Waals surface area contributed by atoms with Crippen molar-refractivity contribution in [1.82, 2.24) is 0 Å². The minimum Gasteiger partial charge on any atom is -0.492 e. The summed E-state index contributed by atoms with van der Waals surface area (Å²) in [5, 5.41) is 2.90. The molecule has 0 heterocycles. The van der Waals surface area contributed by atoms with Crippen molar-refractivity contribution in [2.75, 3.05) is 54.5 Å². The minimum atomic E-state index is -0.374. The molecule has 0 aliphatic heterocycles. The Labute approximate surface area is 335 Å². The summed E-state index contributed by atoms with van der Waals surface area (Å²) in [6.07, 6.45) is 1.65. The fraction of sp³-hybridized carbons (Fsp3) is 0.410. The van der Waals surface area contributed by atoms with Gasteiger partial charge in [0.2, 0.25) is 0 Å². The Morgan fingerprint density at radius 2 is 1.23 bits per heavy atom. The van der Waals surface area contributed by atoms with Crippen LogP contribution in [0.4, 0.5) is 22.7 Å². The molecular weight excluding hydrogens is 731 g/mol. The van der Waals surface area contributed by atoms with Crippen molar-refractivity contribution in [3.8, 4) is 5.75 Å². The smallest absolute Gasteiger partial charge is 0.255 e. The van der Waals surface area contributed by atoms with E-state index < -0.39 is 0 Å². The number of hydrogen-bond donors (Lipinski definition) is 10. The summed E-state index contributed by atoms with van der Waals surface area (Å²) < 4.78 is 5.57. The van der Waals surface area contributed by atoms with Crippen molar-refractivity contribution in [1.29, 1.82) is 0 Å². The van der Waals surface area contributed by atoms with Crippen LogP contribution in [-0.4, -0.2) is 62.1 Å². The lowest BCUT2D eigenvalue weighted by Gasteiger charge is -2.22. The van der Waals surface area contributed by atoms with Gasteiger partial charge in [-0.25, -0.2) is 0 Å². The number of nitrogens with zero attached hydrogens (tertiary/aromatic N) is 3. The van der Waals surface area contributed by atoms with Gasteiger partial charge in [-0.2, -0.15) is 0 Å². The van der Waals surface area contributed by atoms with E-state index in [1.807, 2.05) is 38.1 Å². The van der Waals surface area contributed by atoms with Gasteiger partial charge in [0.25, 0.3) is 5.91 Å². The highest BCUT2D eigenvalue weighted by atomic mass is 32.2. The number of aliphatic imine (C=N–C) groups is 3. The molecular formula is C39H63N13O3S. The van der Waals surface area contributed by atoms with Gasteiger partial charge >= 0.3 is 0 Å². The van der Waals surface area contributed by atoms with Crippen LogP contribution in [0.2, 0.25) is 0 Å². The molecule has 16 nitrogen and oxygen atoms in total. The fourth-order valence-electron chi connectivity index (χ4n) is 4.57. The van der Waals surface area contributed by atoms with Gasteiger partial charge in [-0.3, -0.25) is 24.6 Å². The second kappa shape index (κ2) is 22.5. The average molecular weight is 794 g/mol. The van der Waals surface area contributed by atoms with E-state index in [9.17, 15) is 9.59 Å². The number of hydrogen-bond acceptors (Lipinski definition) is 10. The minimum absolute atomic E-state index is 0.0315. The maximum atomic E-state index is 12.9. The number of benzene rings is 3. The van der Waals surface area contributed by atoms with E-state index in [1.54, 1.807) is 23.9 Å². The summed E-state index contributed by atoms with van der Waals surface area (Å²) in [5.41, 5.74) is 55.5. The highest BCUT2D eigenvalue weighted by molar-refractivity contribution is 7.99. The molecule has 0 radical (unpaired) electrons. The Kier molecular flexibility index (Phi) is 19.4. The summed E-state index contributed by atoms with van der Waals surface area (Å²) in [7, 11) is 0. The van der Waals surface area contributed by atoms with E-state index in [-0.39, 0.29) is 53.3 Å². The van der Waals surface area contributed by atoms with E-state index in [2.05, 4.69) is 61.8 Å². The van der Waals surface area contributed by atoms with Crippen LogP contribution in [0.3, 0.4) is 0 Å². The standard InChI is InChI=1S/C22H29N5O3.C13H23N5S.C4H11N3/c1-13-18(23)10-16(22(2,3)4)11-19(13)27-20(29)15-7-14(12-28)8-17(9-15)30-6-5-26-21(24)25;1-13(2,3)8-6-9(14)11(10(15)7-8)19-5-4-18-12(16)17;1-2-3-7-4(5)6/h7-12H,5-6,23H2,1-4H3,(H,27,29)(H4,24,25,26);6-7H,4-5,14-15H2,1-3H3,(H4,16,17,18);2-3H2,1H3,(H4,5,6,7). The number of nitrogens with one attached hydrogen (secondary N) is 1. The number of aldehydes is 1. The molecule has 19 N–H and O–H groups in total. The van der Waals surface area contributed by atoms with Crippen molar-refractivity contribution in [2.24, 2.45) is 49.4 Å². The summed E-state index contributed by atoms with van der Waals surface area (Å²) in [6.45, 7) is 18.2. The lowest BCUT2D eigenvalue weighted by Crippen LogP contribution is -2.23. The van der Waals surface area contributed by atoms with Crippen LogP contribution >= 0.6 is 11.8 Å². The van der Waals surface area contributed by atoms with Gasteiger partial charge in [0.05, 0.1) is 18.0 Å². The van der Waals surface area contributed by atoms with Crippen LogP contribution < -0.4 is 61.7 Å². The molecule has 0 unspecified atom stereocenters. The largest absolute Gasteiger partial charge is 0.492 e. The number of anilines is 4. The maximum Gasteiger partial charge on any atom is 0.255 e. The molecule has 3 aromatic carbocycles. The number of nitrogen functional groups attached to an aromatic ring is 3. The maximum absolute atomic E-state index is 12.9. The van der Waals surface area contributed by atoms with Crippen molar-refractivity contribution in [3.63, 3.8) is 0 Å². The first kappa shape index (κ1) is 48.2. The third-order valence-corrected chi connectivity index (χ3v) is 8.85. The molecule has 17 heteroatoms. The van der Waals surface area contributed by atoms with E-state index in [0.717, 1.165) is 40.3 Å². The Balaban J connectivity index is 0.000000512. The van der Waals surface area contributed by atoms with Crippen molar-refractivity contribution in [2.45, 2.75) is 77.5 Å². The van der Waals surface area contributed by atoms with E-state index in [1.165, 1.54) is 6.07 Å². The third-order valence-electron chi connectivity index (χ3n) is 7.71. The van der Waals surface area contributed by atoms with Gasteiger partial charge in [-0.05, 0) is 83.3 Å². The van der Waals surface area contributed by atoms with Gasteiger partial charge in [0.15, 0.2) is 17.9 Å². The first-order valence-corrected chi connectivity index (χ1v) is 18.9. The molecule has 3 rings (SSSR count). The van der Waals surface area contributed by atoms with Crippen molar-refractivity contribution >= 4 is 64.6 Å². The van der Waals surface area contributed by atoms with Crippen LogP contribution in [-0.2, 0) is 10.8 Å². The SMILES string of the molecule is CC(C)(C)c1cc(N)c(SCCN=C(N)N)c(N)c1.CCCN=C(N)N.Cc1c(N)cc(C(C)(C)C)cc1NC(=O)c1cc(C=O)cc(OCCN=C(N)N)c1. The zero-order chi connectivity index (χ0) is 42.8. The molecule has 0 bridgehead atoms. The number of rotatable bonds is 13. The lowest BCUT2D eigenvalue weighted by molar-refractivity contribution is 0.102. The van der Waals surface area contributed by atoms with Gasteiger partial charge in [-0.15, -0.1) is 11.8 Å². The molecule has 308 valence electrons. The van der Waals surface area contributed by atoms with E-state index >= 15 is 0 Å². The Bertz CT molecular complexity index is 1830. The molecule has 0 aromatic heterocycles. The summed E-state index contributed by atoms with van der Waals surface area (Å²) in [4.78, 5) is 36.6. The zero-order valence-corrected chi connectivity index (χ0v) is 34.8. The number of thioether (sulfide) groups is 1. The summed E-state index contributed by atoms with van der Waals surface area (Å²) in [5.74, 6) is 0.983. The second-order valence-corrected chi connectivity index (χ2v) is 15.8.